The van der Waals surface area contributed by atoms with E-state index in [0.29, 0.717) is 39.7 Å². The van der Waals surface area contributed by atoms with Crippen molar-refractivity contribution < 1.29 is 37.5 Å². The topological polar surface area (TPSA) is 120 Å². The predicted octanol–water partition coefficient (Wildman–Crippen LogP) is 7.86. The molecule has 3 aromatic carbocycles. The molecule has 2 saturated heterocycles. The lowest BCUT2D eigenvalue weighted by Crippen LogP contribution is -2.53. The normalized spacial score (nSPS) is 26.4. The van der Waals surface area contributed by atoms with Crippen molar-refractivity contribution in [1.29, 1.82) is 0 Å². The highest BCUT2D eigenvalue weighted by molar-refractivity contribution is 6.33. The predicted molar refractivity (Wildman–Crippen MR) is 193 cm³/mol. The second kappa shape index (κ2) is 13.0. The summed E-state index contributed by atoms with van der Waals surface area (Å²) in [6.45, 7) is 2.00. The Labute approximate surface area is 317 Å². The molecule has 0 radical (unpaired) electrons. The van der Waals surface area contributed by atoms with Crippen molar-refractivity contribution in [3.63, 3.8) is 0 Å². The molecular formula is C40H31Cl2F3N4O5. The number of anilines is 2. The molecule has 6 atom stereocenters. The molecular weight excluding hydrogens is 744 g/mol. The zero-order valence-corrected chi connectivity index (χ0v) is 30.0. The number of aryl methyl sites for hydroxylation is 1. The number of allylic oxidation sites excluding steroid dienone is 2. The van der Waals surface area contributed by atoms with E-state index in [2.05, 4.69) is 10.4 Å². The van der Waals surface area contributed by atoms with Gasteiger partial charge in [0, 0.05) is 17.1 Å². The number of amides is 4. The third kappa shape index (κ3) is 5.40. The van der Waals surface area contributed by atoms with Gasteiger partial charge >= 0.3 is 6.18 Å². The molecule has 14 heteroatoms. The van der Waals surface area contributed by atoms with Crippen molar-refractivity contribution in [2.75, 3.05) is 10.3 Å². The van der Waals surface area contributed by atoms with Crippen molar-refractivity contribution in [2.45, 2.75) is 43.7 Å². The van der Waals surface area contributed by atoms with Crippen molar-refractivity contribution in [2.24, 2.45) is 23.7 Å². The Kier molecular flexibility index (Phi) is 8.61. The second-order valence-electron chi connectivity index (χ2n) is 14.0. The maximum Gasteiger partial charge on any atom is 0.417 e. The number of nitrogens with one attached hydrogen (secondary N) is 1. The minimum Gasteiger partial charge on any atom is -0.508 e. The lowest BCUT2D eigenvalue weighted by atomic mass is 9.49. The quantitative estimate of drug-likeness (QED) is 0.151. The molecule has 1 aromatic heterocycles. The molecule has 9 nitrogen and oxygen atoms in total. The molecule has 4 amide bonds. The molecule has 54 heavy (non-hydrogen) atoms. The third-order valence-corrected chi connectivity index (χ3v) is 11.9. The van der Waals surface area contributed by atoms with E-state index < -0.39 is 69.5 Å². The first-order chi connectivity index (χ1) is 25.7. The fourth-order valence-electron chi connectivity index (χ4n) is 8.96. The highest BCUT2D eigenvalue weighted by atomic mass is 35.5. The number of phenolic OH excluding ortho intramolecular Hbond substituents is 1. The number of alkyl halides is 3. The van der Waals surface area contributed by atoms with E-state index in [1.807, 2.05) is 25.1 Å². The van der Waals surface area contributed by atoms with Crippen LogP contribution in [0.25, 0.3) is 0 Å². The van der Waals surface area contributed by atoms with E-state index in [4.69, 9.17) is 23.2 Å². The highest BCUT2D eigenvalue weighted by Gasteiger charge is 2.70. The van der Waals surface area contributed by atoms with Crippen LogP contribution in [0.1, 0.15) is 47.9 Å². The Hall–Kier alpha value is -5.20. The Morgan fingerprint density at radius 1 is 0.907 bits per heavy atom. The van der Waals surface area contributed by atoms with Gasteiger partial charge in [-0.3, -0.25) is 29.5 Å². The van der Waals surface area contributed by atoms with Crippen LogP contribution in [0.2, 0.25) is 10.0 Å². The summed E-state index contributed by atoms with van der Waals surface area (Å²) < 4.78 is 40.4. The average molecular weight is 776 g/mol. The van der Waals surface area contributed by atoms with Gasteiger partial charge in [0.2, 0.25) is 11.8 Å². The summed E-state index contributed by atoms with van der Waals surface area (Å²) in [5.74, 6) is -6.85. The van der Waals surface area contributed by atoms with E-state index >= 15 is 4.79 Å². The molecule has 1 saturated carbocycles. The fraction of sp³-hybridized carbons (Fsp3) is 0.275. The Balaban J connectivity index is 1.28. The SMILES string of the molecule is CCc1ccc(N2C(=O)C3CC=C4C(CC5C(=O)N(Nc6ncc(C(F)(F)F)cc6Cl)C(=O)C5(c5ccc(Cl)cc5)C4c4ccc(O)cc4)C3C2=O)cc1. The summed E-state index contributed by atoms with van der Waals surface area (Å²) in [5, 5.41) is 10.9. The number of carbonyl (C=O) groups excluding carboxylic acids is 4. The summed E-state index contributed by atoms with van der Waals surface area (Å²) >= 11 is 12.6. The number of pyridine rings is 1. The molecule has 3 fully saturated rings. The summed E-state index contributed by atoms with van der Waals surface area (Å²) in [5.41, 5.74) is 2.98. The molecule has 4 aliphatic rings. The lowest BCUT2D eigenvalue weighted by molar-refractivity contribution is -0.139. The zero-order chi connectivity index (χ0) is 38.3. The van der Waals surface area contributed by atoms with Crippen LogP contribution in [0.15, 0.2) is 96.7 Å². The minimum absolute atomic E-state index is 0.0111. The first-order valence-electron chi connectivity index (χ1n) is 17.3. The average Bonchev–Trinajstić information content (AvgIpc) is 3.53. The number of aromatic hydroxyl groups is 1. The number of rotatable bonds is 6. The van der Waals surface area contributed by atoms with Crippen LogP contribution in [0.4, 0.5) is 24.7 Å². The summed E-state index contributed by atoms with van der Waals surface area (Å²) in [7, 11) is 0. The maximum atomic E-state index is 15.2. The standard InChI is InChI=1S/C40H31Cl2F3N4O5/c1-2-20-3-11-25(12-4-20)48-35(51)28-16-15-27-29(32(28)37(48)53)18-30-36(52)49(47-34-31(42)17-23(19-46-34)40(43,44)45)38(54)39(30,22-7-9-24(41)10-8-22)33(27)21-5-13-26(50)14-6-21/h3-15,17,19,28-30,32-33,50H,2,16,18H2,1H3,(H,46,47). The van der Waals surface area contributed by atoms with E-state index in [0.717, 1.165) is 17.0 Å². The van der Waals surface area contributed by atoms with Crippen LogP contribution in [0, 0.1) is 23.7 Å². The molecule has 8 rings (SSSR count). The molecule has 2 N–H and O–H groups in total. The van der Waals surface area contributed by atoms with Crippen molar-refractivity contribution in [3.05, 3.63) is 129 Å². The van der Waals surface area contributed by atoms with Crippen LogP contribution in [-0.2, 0) is 37.2 Å². The number of nitrogens with zero attached hydrogens (tertiary/aromatic N) is 3. The molecule has 0 spiro atoms. The number of halogens is 5. The van der Waals surface area contributed by atoms with E-state index in [1.54, 1.807) is 48.5 Å². The number of carbonyl (C=O) groups is 4. The lowest BCUT2D eigenvalue weighted by Gasteiger charge is -2.50. The van der Waals surface area contributed by atoms with Gasteiger partial charge in [-0.2, -0.15) is 18.2 Å². The smallest absolute Gasteiger partial charge is 0.417 e. The number of fused-ring (bicyclic) bond motifs is 4. The largest absolute Gasteiger partial charge is 0.508 e. The van der Waals surface area contributed by atoms with Gasteiger partial charge in [0.15, 0.2) is 5.82 Å². The molecule has 3 heterocycles. The monoisotopic (exact) mass is 774 g/mol. The highest BCUT2D eigenvalue weighted by Crippen LogP contribution is 2.64. The van der Waals surface area contributed by atoms with Crippen LogP contribution in [0.5, 0.6) is 5.75 Å². The molecule has 2 aliphatic heterocycles. The Morgan fingerprint density at radius 3 is 2.22 bits per heavy atom. The molecule has 2 aliphatic carbocycles. The van der Waals surface area contributed by atoms with Crippen molar-refractivity contribution >= 4 is 58.3 Å². The number of hydrazine groups is 1. The molecule has 0 bridgehead atoms. The molecule has 4 aromatic rings. The van der Waals surface area contributed by atoms with Crippen LogP contribution < -0.4 is 10.3 Å². The maximum absolute atomic E-state index is 15.2. The summed E-state index contributed by atoms with van der Waals surface area (Å²) in [6.07, 6.45) is -1.33. The van der Waals surface area contributed by atoms with Crippen molar-refractivity contribution in [3.8, 4) is 5.75 Å². The van der Waals surface area contributed by atoms with E-state index in [9.17, 15) is 32.7 Å². The van der Waals surface area contributed by atoms with Gasteiger partial charge < -0.3 is 5.11 Å². The number of hydrogen-bond donors (Lipinski definition) is 2. The van der Waals surface area contributed by atoms with E-state index in [1.165, 1.54) is 17.0 Å². The molecule has 276 valence electrons. The number of imide groups is 2. The van der Waals surface area contributed by atoms with Crippen LogP contribution >= 0.6 is 23.2 Å². The van der Waals surface area contributed by atoms with Crippen LogP contribution in [0.3, 0.4) is 0 Å². The summed E-state index contributed by atoms with van der Waals surface area (Å²) in [4.78, 5) is 63.5. The second-order valence-corrected chi connectivity index (χ2v) is 14.9. The minimum atomic E-state index is -4.74. The zero-order valence-electron chi connectivity index (χ0n) is 28.5. The van der Waals surface area contributed by atoms with Gasteiger partial charge in [-0.05, 0) is 84.3 Å². The Morgan fingerprint density at radius 2 is 1.59 bits per heavy atom. The number of benzene rings is 3. The number of aromatic nitrogens is 1. The van der Waals surface area contributed by atoms with Gasteiger partial charge in [-0.25, -0.2) is 4.98 Å². The first-order valence-corrected chi connectivity index (χ1v) is 18.1. The van der Waals surface area contributed by atoms with Crippen molar-refractivity contribution in [1.82, 2.24) is 9.99 Å². The van der Waals surface area contributed by atoms with Gasteiger partial charge in [0.25, 0.3) is 11.8 Å². The summed E-state index contributed by atoms with van der Waals surface area (Å²) in [6, 6.07) is 20.6. The van der Waals surface area contributed by atoms with Gasteiger partial charge in [0.05, 0.1) is 39.4 Å². The molecule has 6 unspecified atom stereocenters. The van der Waals surface area contributed by atoms with Gasteiger partial charge in [0.1, 0.15) is 5.75 Å². The third-order valence-electron chi connectivity index (χ3n) is 11.4. The van der Waals surface area contributed by atoms with E-state index in [-0.39, 0.29) is 30.3 Å². The number of phenols is 1. The first kappa shape index (κ1) is 35.8. The number of hydrogen-bond acceptors (Lipinski definition) is 7. The van der Waals surface area contributed by atoms with Crippen LogP contribution in [-0.4, -0.2) is 38.7 Å². The Bertz CT molecular complexity index is 2250. The fourth-order valence-corrected chi connectivity index (χ4v) is 9.29. The van der Waals surface area contributed by atoms with Gasteiger partial charge in [-0.1, -0.05) is 78.2 Å². The van der Waals surface area contributed by atoms with Gasteiger partial charge in [-0.15, -0.1) is 0 Å².